The van der Waals surface area contributed by atoms with E-state index >= 15 is 0 Å². The highest BCUT2D eigenvalue weighted by molar-refractivity contribution is 7.98. The normalized spacial score (nSPS) is 21.9. The third-order valence-electron chi connectivity index (χ3n) is 5.25. The molecule has 1 aliphatic heterocycles. The predicted molar refractivity (Wildman–Crippen MR) is 125 cm³/mol. The van der Waals surface area contributed by atoms with Crippen LogP contribution >= 0.6 is 11.8 Å². The summed E-state index contributed by atoms with van der Waals surface area (Å²) >= 11 is 1.61. The van der Waals surface area contributed by atoms with Gasteiger partial charge in [-0.05, 0) is 22.9 Å². The lowest BCUT2D eigenvalue weighted by atomic mass is 10.0. The predicted octanol–water partition coefficient (Wildman–Crippen LogP) is 3.05. The Hall–Kier alpha value is -3.44. The van der Waals surface area contributed by atoms with Gasteiger partial charge in [0, 0.05) is 31.4 Å². The molecule has 0 radical (unpaired) electrons. The van der Waals surface area contributed by atoms with Crippen molar-refractivity contribution in [3.63, 3.8) is 0 Å². The summed E-state index contributed by atoms with van der Waals surface area (Å²) < 4.78 is 23.3. The molecule has 1 fully saturated rings. The molecule has 1 aromatic heterocycles. The SMILES string of the molecule is CC(=O)O[C@@H]1[C@@H](OC(C)=O)[C@H](OC(C)=O)CO[C@H]1n1cc(CSc2ccc3ccccc3c2)nn1. The summed E-state index contributed by atoms with van der Waals surface area (Å²) in [5, 5.41) is 10.7. The summed E-state index contributed by atoms with van der Waals surface area (Å²) in [4.78, 5) is 36.2. The Balaban J connectivity index is 1.51. The number of esters is 3. The first kappa shape index (κ1) is 24.7. The quantitative estimate of drug-likeness (QED) is 0.273. The fourth-order valence-corrected chi connectivity index (χ4v) is 4.69. The number of carbonyl (C=O) groups excluding carboxylic acids is 3. The summed E-state index contributed by atoms with van der Waals surface area (Å²) in [6.07, 6.45) is -2.35. The molecule has 184 valence electrons. The van der Waals surface area contributed by atoms with Gasteiger partial charge in [0.15, 0.2) is 24.5 Å². The minimum absolute atomic E-state index is 0.0824. The first-order chi connectivity index (χ1) is 16.8. The first-order valence-electron chi connectivity index (χ1n) is 11.0. The third-order valence-corrected chi connectivity index (χ3v) is 6.28. The molecule has 4 rings (SSSR count). The molecule has 11 heteroatoms. The molecule has 2 heterocycles. The van der Waals surface area contributed by atoms with E-state index in [4.69, 9.17) is 18.9 Å². The average molecular weight is 500 g/mol. The smallest absolute Gasteiger partial charge is 0.303 e. The Morgan fingerprint density at radius 1 is 0.971 bits per heavy atom. The highest BCUT2D eigenvalue weighted by atomic mass is 32.2. The monoisotopic (exact) mass is 499 g/mol. The number of carbonyl (C=O) groups is 3. The minimum Gasteiger partial charge on any atom is -0.456 e. The number of rotatable bonds is 7. The van der Waals surface area contributed by atoms with E-state index in [2.05, 4.69) is 40.6 Å². The van der Waals surface area contributed by atoms with E-state index in [1.807, 2.05) is 12.1 Å². The zero-order valence-electron chi connectivity index (χ0n) is 19.5. The van der Waals surface area contributed by atoms with E-state index in [0.29, 0.717) is 11.4 Å². The van der Waals surface area contributed by atoms with Gasteiger partial charge in [-0.25, -0.2) is 4.68 Å². The number of hydrogen-bond acceptors (Lipinski definition) is 10. The van der Waals surface area contributed by atoms with Gasteiger partial charge in [0.25, 0.3) is 0 Å². The van der Waals surface area contributed by atoms with E-state index in [9.17, 15) is 14.4 Å². The van der Waals surface area contributed by atoms with Crippen LogP contribution < -0.4 is 0 Å². The Bertz CT molecular complexity index is 1230. The highest BCUT2D eigenvalue weighted by Crippen LogP contribution is 2.31. The van der Waals surface area contributed by atoms with Crippen molar-refractivity contribution >= 4 is 40.4 Å². The molecule has 3 aromatic rings. The number of nitrogens with zero attached hydrogens (tertiary/aromatic N) is 3. The number of aromatic nitrogens is 3. The number of benzene rings is 2. The van der Waals surface area contributed by atoms with E-state index in [1.54, 1.807) is 18.0 Å². The van der Waals surface area contributed by atoms with Crippen molar-refractivity contribution in [2.75, 3.05) is 6.61 Å². The van der Waals surface area contributed by atoms with E-state index in [0.717, 1.165) is 10.3 Å². The van der Waals surface area contributed by atoms with Crippen LogP contribution in [0.1, 0.15) is 32.7 Å². The Morgan fingerprint density at radius 2 is 1.66 bits per heavy atom. The lowest BCUT2D eigenvalue weighted by Crippen LogP contribution is -2.55. The van der Waals surface area contributed by atoms with Crippen molar-refractivity contribution in [2.45, 2.75) is 56.0 Å². The maximum absolute atomic E-state index is 11.8. The summed E-state index contributed by atoms with van der Waals surface area (Å²) in [5.41, 5.74) is 0.680. The van der Waals surface area contributed by atoms with Crippen LogP contribution in [0, 0.1) is 0 Å². The first-order valence-corrected chi connectivity index (χ1v) is 11.9. The molecular formula is C24H25N3O7S. The zero-order valence-corrected chi connectivity index (χ0v) is 20.3. The van der Waals surface area contributed by atoms with Crippen molar-refractivity contribution in [3.8, 4) is 0 Å². The molecule has 0 aliphatic carbocycles. The maximum atomic E-state index is 11.8. The van der Waals surface area contributed by atoms with Gasteiger partial charge in [-0.2, -0.15) is 0 Å². The summed E-state index contributed by atoms with van der Waals surface area (Å²) in [7, 11) is 0. The van der Waals surface area contributed by atoms with Crippen LogP contribution in [0.2, 0.25) is 0 Å². The van der Waals surface area contributed by atoms with Gasteiger partial charge in [0.1, 0.15) is 0 Å². The van der Waals surface area contributed by atoms with Crippen molar-refractivity contribution in [1.29, 1.82) is 0 Å². The van der Waals surface area contributed by atoms with Crippen LogP contribution in [-0.4, -0.2) is 57.8 Å². The van der Waals surface area contributed by atoms with Crippen molar-refractivity contribution in [2.24, 2.45) is 0 Å². The number of thioether (sulfide) groups is 1. The largest absolute Gasteiger partial charge is 0.456 e. The molecule has 1 aliphatic rings. The minimum atomic E-state index is -1.10. The Kier molecular flexibility index (Phi) is 7.67. The molecular weight excluding hydrogens is 474 g/mol. The topological polar surface area (TPSA) is 119 Å². The van der Waals surface area contributed by atoms with Crippen molar-refractivity contribution < 1.29 is 33.3 Å². The van der Waals surface area contributed by atoms with Crippen LogP contribution in [0.15, 0.2) is 53.6 Å². The molecule has 0 spiro atoms. The molecule has 2 aromatic carbocycles. The molecule has 0 saturated carbocycles. The second kappa shape index (κ2) is 10.9. The Labute approximate surface area is 205 Å². The maximum Gasteiger partial charge on any atom is 0.303 e. The van der Waals surface area contributed by atoms with Gasteiger partial charge in [0.05, 0.1) is 18.5 Å². The fourth-order valence-electron chi connectivity index (χ4n) is 3.87. The summed E-state index contributed by atoms with van der Waals surface area (Å²) in [5.74, 6) is -1.26. The zero-order chi connectivity index (χ0) is 24.9. The Morgan fingerprint density at radius 3 is 2.37 bits per heavy atom. The lowest BCUT2D eigenvalue weighted by molar-refractivity contribution is -0.241. The molecule has 35 heavy (non-hydrogen) atoms. The van der Waals surface area contributed by atoms with Crippen LogP contribution in [0.4, 0.5) is 0 Å². The average Bonchev–Trinajstić information content (AvgIpc) is 3.27. The number of ether oxygens (including phenoxy) is 4. The number of fused-ring (bicyclic) bond motifs is 1. The van der Waals surface area contributed by atoms with Gasteiger partial charge >= 0.3 is 17.9 Å². The van der Waals surface area contributed by atoms with Crippen LogP contribution in [-0.2, 0) is 39.1 Å². The van der Waals surface area contributed by atoms with E-state index in [1.165, 1.54) is 30.8 Å². The van der Waals surface area contributed by atoms with Crippen LogP contribution in [0.5, 0.6) is 0 Å². The third kappa shape index (κ3) is 6.17. The van der Waals surface area contributed by atoms with Gasteiger partial charge in [-0.1, -0.05) is 35.5 Å². The van der Waals surface area contributed by atoms with Crippen LogP contribution in [0.3, 0.4) is 0 Å². The highest BCUT2D eigenvalue weighted by Gasteiger charge is 2.48. The molecule has 4 atom stereocenters. The second-order valence-electron chi connectivity index (χ2n) is 8.01. The second-order valence-corrected chi connectivity index (χ2v) is 9.06. The van der Waals surface area contributed by atoms with E-state index in [-0.39, 0.29) is 6.61 Å². The van der Waals surface area contributed by atoms with Gasteiger partial charge in [-0.15, -0.1) is 16.9 Å². The summed E-state index contributed by atoms with van der Waals surface area (Å²) in [6.45, 7) is 3.59. The van der Waals surface area contributed by atoms with Crippen LogP contribution in [0.25, 0.3) is 10.8 Å². The standard InChI is InChI=1S/C24H25N3O7S/c1-14(28)32-21-12-31-24(23(34-16(3)30)22(21)33-15(2)29)27-11-19(25-26-27)13-35-20-9-8-17-6-4-5-7-18(17)10-20/h4-11,21-24H,12-13H2,1-3H3/t21-,22+,23-,24-/m1/s1. The van der Waals surface area contributed by atoms with Gasteiger partial charge in [0.2, 0.25) is 0 Å². The van der Waals surface area contributed by atoms with E-state index < -0.39 is 42.4 Å². The van der Waals surface area contributed by atoms with Crippen molar-refractivity contribution in [3.05, 3.63) is 54.4 Å². The fraction of sp³-hybridized carbons (Fsp3) is 0.375. The lowest BCUT2D eigenvalue weighted by Gasteiger charge is -2.40. The molecule has 0 N–H and O–H groups in total. The molecule has 10 nitrogen and oxygen atoms in total. The molecule has 1 saturated heterocycles. The molecule has 0 unspecified atom stereocenters. The van der Waals surface area contributed by atoms with Gasteiger partial charge < -0.3 is 18.9 Å². The number of hydrogen-bond donors (Lipinski definition) is 0. The summed E-state index contributed by atoms with van der Waals surface area (Å²) in [6, 6.07) is 14.4. The van der Waals surface area contributed by atoms with Gasteiger partial charge in [-0.3, -0.25) is 14.4 Å². The molecule has 0 bridgehead atoms. The van der Waals surface area contributed by atoms with Crippen molar-refractivity contribution in [1.82, 2.24) is 15.0 Å². The molecule has 0 amide bonds.